The maximum atomic E-state index is 12.6. The van der Waals surface area contributed by atoms with Crippen LogP contribution in [0.3, 0.4) is 0 Å². The van der Waals surface area contributed by atoms with Gasteiger partial charge in [0.25, 0.3) is 5.91 Å². The molecule has 1 aliphatic rings. The number of halogens is 1. The second-order valence-corrected chi connectivity index (χ2v) is 8.53. The molecule has 0 fully saturated rings. The van der Waals surface area contributed by atoms with Gasteiger partial charge < -0.3 is 14.7 Å². The highest BCUT2D eigenvalue weighted by molar-refractivity contribution is 8.18. The highest BCUT2D eigenvalue weighted by Crippen LogP contribution is 2.34. The standard InChI is InChI=1S/C25H19ClN2O4S/c1-28(20-12-6-4-10-18(20)24(30)31)25-27-23(29)22(33-25)14-16-8-3-7-13-21(16)32-15-17-9-2-5-11-19(17)26/h2-14H,15H2,1H3,(H,30,31)/b22-14-. The number of carboxylic acids is 1. The maximum Gasteiger partial charge on any atom is 0.337 e. The summed E-state index contributed by atoms with van der Waals surface area (Å²) in [7, 11) is 1.69. The molecule has 1 heterocycles. The number of benzene rings is 3. The predicted molar refractivity (Wildman–Crippen MR) is 132 cm³/mol. The number of anilines is 1. The number of para-hydroxylation sites is 2. The highest BCUT2D eigenvalue weighted by Gasteiger charge is 2.27. The van der Waals surface area contributed by atoms with Crippen LogP contribution in [0.15, 0.2) is 82.7 Å². The molecule has 33 heavy (non-hydrogen) atoms. The molecule has 166 valence electrons. The van der Waals surface area contributed by atoms with Crippen LogP contribution < -0.4 is 9.64 Å². The fraction of sp³-hybridized carbons (Fsp3) is 0.0800. The van der Waals surface area contributed by atoms with E-state index in [1.807, 2.05) is 42.5 Å². The first-order valence-electron chi connectivity index (χ1n) is 9.98. The Hall–Kier alpha value is -3.55. The quantitative estimate of drug-likeness (QED) is 0.456. The van der Waals surface area contributed by atoms with E-state index in [4.69, 9.17) is 16.3 Å². The summed E-state index contributed by atoms with van der Waals surface area (Å²) in [6.45, 7) is 0.289. The number of rotatable bonds is 6. The van der Waals surface area contributed by atoms with Gasteiger partial charge >= 0.3 is 5.97 Å². The number of carbonyl (C=O) groups is 2. The fourth-order valence-corrected chi connectivity index (χ4v) is 4.30. The van der Waals surface area contributed by atoms with Gasteiger partial charge in [-0.25, -0.2) is 4.79 Å². The van der Waals surface area contributed by atoms with E-state index in [-0.39, 0.29) is 12.2 Å². The third-order valence-electron chi connectivity index (χ3n) is 4.94. The number of amidine groups is 1. The van der Waals surface area contributed by atoms with Gasteiger partial charge in [0.1, 0.15) is 12.4 Å². The van der Waals surface area contributed by atoms with Crippen LogP contribution in [-0.2, 0) is 11.4 Å². The molecule has 4 rings (SSSR count). The molecule has 0 radical (unpaired) electrons. The summed E-state index contributed by atoms with van der Waals surface area (Å²) in [6.07, 6.45) is 1.72. The molecule has 1 aliphatic heterocycles. The number of hydrogen-bond donors (Lipinski definition) is 1. The number of aliphatic imine (C=N–C) groups is 1. The van der Waals surface area contributed by atoms with Gasteiger partial charge in [-0.2, -0.15) is 4.99 Å². The number of aromatic carboxylic acids is 1. The normalized spacial score (nSPS) is 14.3. The first-order chi connectivity index (χ1) is 15.9. The monoisotopic (exact) mass is 478 g/mol. The highest BCUT2D eigenvalue weighted by atomic mass is 35.5. The molecule has 0 aromatic heterocycles. The Morgan fingerprint density at radius 2 is 1.79 bits per heavy atom. The van der Waals surface area contributed by atoms with Crippen LogP contribution in [0, 0.1) is 0 Å². The zero-order valence-corrected chi connectivity index (χ0v) is 19.1. The molecule has 0 bridgehead atoms. The van der Waals surface area contributed by atoms with Crippen molar-refractivity contribution in [2.24, 2.45) is 4.99 Å². The van der Waals surface area contributed by atoms with Gasteiger partial charge in [0.05, 0.1) is 16.2 Å². The zero-order chi connectivity index (χ0) is 23.4. The number of amides is 1. The van der Waals surface area contributed by atoms with Crippen LogP contribution in [0.5, 0.6) is 5.75 Å². The summed E-state index contributed by atoms with van der Waals surface area (Å²) >= 11 is 7.40. The van der Waals surface area contributed by atoms with Crippen molar-refractivity contribution in [3.8, 4) is 5.75 Å². The molecular weight excluding hydrogens is 460 g/mol. The Balaban J connectivity index is 1.54. The van der Waals surface area contributed by atoms with Crippen LogP contribution >= 0.6 is 23.4 Å². The van der Waals surface area contributed by atoms with Crippen molar-refractivity contribution in [2.45, 2.75) is 6.61 Å². The van der Waals surface area contributed by atoms with Crippen molar-refractivity contribution in [1.29, 1.82) is 0 Å². The SMILES string of the molecule is CN(C1=NC(=O)/C(=C/c2ccccc2OCc2ccccc2Cl)S1)c1ccccc1C(=O)O. The van der Waals surface area contributed by atoms with Crippen molar-refractivity contribution in [3.63, 3.8) is 0 Å². The average Bonchev–Trinajstić information content (AvgIpc) is 3.19. The average molecular weight is 479 g/mol. The van der Waals surface area contributed by atoms with Crippen molar-refractivity contribution >= 4 is 52.2 Å². The van der Waals surface area contributed by atoms with E-state index in [9.17, 15) is 14.7 Å². The topological polar surface area (TPSA) is 79.2 Å². The lowest BCUT2D eigenvalue weighted by atomic mass is 10.1. The molecule has 0 saturated heterocycles. The zero-order valence-electron chi connectivity index (χ0n) is 17.6. The molecule has 3 aromatic carbocycles. The minimum absolute atomic E-state index is 0.131. The summed E-state index contributed by atoms with van der Waals surface area (Å²) in [5.41, 5.74) is 2.17. The van der Waals surface area contributed by atoms with Crippen LogP contribution in [0.1, 0.15) is 21.5 Å². The van der Waals surface area contributed by atoms with Crippen molar-refractivity contribution in [3.05, 3.63) is 99.4 Å². The van der Waals surface area contributed by atoms with E-state index in [1.165, 1.54) is 17.8 Å². The summed E-state index contributed by atoms with van der Waals surface area (Å²) in [5, 5.41) is 10.5. The smallest absolute Gasteiger partial charge is 0.337 e. The number of carboxylic acid groups (broad SMARTS) is 1. The van der Waals surface area contributed by atoms with Gasteiger partial charge in [-0.3, -0.25) is 4.79 Å². The summed E-state index contributed by atoms with van der Waals surface area (Å²) in [5.74, 6) is -0.834. The summed E-state index contributed by atoms with van der Waals surface area (Å²) in [4.78, 5) is 30.3. The van der Waals surface area contributed by atoms with Crippen LogP contribution in [0.2, 0.25) is 5.02 Å². The molecule has 0 unspecified atom stereocenters. The van der Waals surface area contributed by atoms with Crippen molar-refractivity contribution < 1.29 is 19.4 Å². The summed E-state index contributed by atoms with van der Waals surface area (Å²) < 4.78 is 5.97. The minimum Gasteiger partial charge on any atom is -0.488 e. The summed E-state index contributed by atoms with van der Waals surface area (Å²) in [6, 6.07) is 21.4. The van der Waals surface area contributed by atoms with Gasteiger partial charge in [-0.05, 0) is 42.1 Å². The van der Waals surface area contributed by atoms with Crippen molar-refractivity contribution in [1.82, 2.24) is 0 Å². The largest absolute Gasteiger partial charge is 0.488 e. The third-order valence-corrected chi connectivity index (χ3v) is 6.37. The molecule has 8 heteroatoms. The van der Waals surface area contributed by atoms with Gasteiger partial charge in [-0.15, -0.1) is 0 Å². The van der Waals surface area contributed by atoms with E-state index in [0.717, 1.165) is 11.1 Å². The lowest BCUT2D eigenvalue weighted by Gasteiger charge is -2.19. The molecule has 1 amide bonds. The minimum atomic E-state index is -1.05. The number of carbonyl (C=O) groups excluding carboxylic acids is 1. The number of ether oxygens (including phenoxy) is 1. The second-order valence-electron chi connectivity index (χ2n) is 7.11. The fourth-order valence-electron chi connectivity index (χ4n) is 3.23. The maximum absolute atomic E-state index is 12.6. The Morgan fingerprint density at radius 3 is 2.58 bits per heavy atom. The first kappa shape index (κ1) is 22.6. The van der Waals surface area contributed by atoms with E-state index in [1.54, 1.807) is 42.3 Å². The number of hydrogen-bond acceptors (Lipinski definition) is 5. The van der Waals surface area contributed by atoms with Crippen LogP contribution in [0.25, 0.3) is 6.08 Å². The first-order valence-corrected chi connectivity index (χ1v) is 11.2. The Labute approximate surface area is 200 Å². The van der Waals surface area contributed by atoms with Gasteiger partial charge in [0.15, 0.2) is 5.17 Å². The number of nitrogens with zero attached hydrogens (tertiary/aromatic N) is 2. The second kappa shape index (κ2) is 9.94. The molecule has 0 atom stereocenters. The molecule has 0 aliphatic carbocycles. The van der Waals surface area contributed by atoms with Gasteiger partial charge in [0, 0.05) is 23.2 Å². The van der Waals surface area contributed by atoms with E-state index < -0.39 is 11.9 Å². The van der Waals surface area contributed by atoms with E-state index in [0.29, 0.717) is 26.5 Å². The molecule has 0 spiro atoms. The lowest BCUT2D eigenvalue weighted by Crippen LogP contribution is -2.24. The lowest BCUT2D eigenvalue weighted by molar-refractivity contribution is -0.113. The van der Waals surface area contributed by atoms with Crippen LogP contribution in [-0.4, -0.2) is 29.2 Å². The van der Waals surface area contributed by atoms with Gasteiger partial charge in [0.2, 0.25) is 0 Å². The number of thioether (sulfide) groups is 1. The molecular formula is C25H19ClN2O4S. The Kier molecular flexibility index (Phi) is 6.82. The predicted octanol–water partition coefficient (Wildman–Crippen LogP) is 5.72. The van der Waals surface area contributed by atoms with Crippen LogP contribution in [0.4, 0.5) is 5.69 Å². The third kappa shape index (κ3) is 5.10. The van der Waals surface area contributed by atoms with Gasteiger partial charge in [-0.1, -0.05) is 60.1 Å². The van der Waals surface area contributed by atoms with E-state index in [2.05, 4.69) is 4.99 Å². The molecule has 1 N–H and O–H groups in total. The van der Waals surface area contributed by atoms with Crippen molar-refractivity contribution in [2.75, 3.05) is 11.9 Å². The Bertz CT molecular complexity index is 1290. The van der Waals surface area contributed by atoms with E-state index >= 15 is 0 Å². The molecule has 0 saturated carbocycles. The molecule has 6 nitrogen and oxygen atoms in total. The Morgan fingerprint density at radius 1 is 1.09 bits per heavy atom. The molecule has 3 aromatic rings.